The van der Waals surface area contributed by atoms with Crippen LogP contribution in [0.15, 0.2) is 29.6 Å². The molecule has 0 aliphatic carbocycles. The normalized spacial score (nSPS) is 20.9. The lowest BCUT2D eigenvalue weighted by Gasteiger charge is -2.34. The third-order valence-corrected chi connectivity index (χ3v) is 5.10. The van der Waals surface area contributed by atoms with E-state index in [0.717, 1.165) is 30.9 Å². The van der Waals surface area contributed by atoms with Gasteiger partial charge in [0, 0.05) is 25.0 Å². The Morgan fingerprint density at radius 2 is 2.04 bits per heavy atom. The van der Waals surface area contributed by atoms with Gasteiger partial charge in [-0.2, -0.15) is 13.2 Å². The molecule has 3 rings (SSSR count). The van der Waals surface area contributed by atoms with E-state index in [1.165, 1.54) is 23.5 Å². The highest BCUT2D eigenvalue weighted by Crippen LogP contribution is 2.29. The van der Waals surface area contributed by atoms with Crippen molar-refractivity contribution < 1.29 is 22.7 Å². The van der Waals surface area contributed by atoms with Gasteiger partial charge in [-0.15, -0.1) is 11.3 Å². The molecule has 0 spiro atoms. The predicted octanol–water partition coefficient (Wildman–Crippen LogP) is 3.95. The summed E-state index contributed by atoms with van der Waals surface area (Å²) in [4.78, 5) is 18.8. The molecule has 1 aliphatic rings. The summed E-state index contributed by atoms with van der Waals surface area (Å²) in [5.74, 6) is -0.395. The van der Waals surface area contributed by atoms with Crippen LogP contribution < -0.4 is 5.32 Å². The summed E-state index contributed by atoms with van der Waals surface area (Å²) in [6.07, 6.45) is -4.24. The fourth-order valence-electron chi connectivity index (χ4n) is 3.29. The Labute approximate surface area is 165 Å². The van der Waals surface area contributed by atoms with Crippen LogP contribution in [0.3, 0.4) is 0 Å². The van der Waals surface area contributed by atoms with Gasteiger partial charge in [0.2, 0.25) is 5.91 Å². The number of benzene rings is 1. The molecule has 1 amide bonds. The largest absolute Gasteiger partial charge is 0.416 e. The molecule has 1 aliphatic heterocycles. The summed E-state index contributed by atoms with van der Waals surface area (Å²) in [6, 6.07) is 4.79. The number of amides is 1. The van der Waals surface area contributed by atoms with Crippen LogP contribution in [-0.4, -0.2) is 41.1 Å². The number of thiazole rings is 1. The molecule has 2 aromatic rings. The summed E-state index contributed by atoms with van der Waals surface area (Å²) in [6.45, 7) is 6.36. The summed E-state index contributed by atoms with van der Waals surface area (Å²) >= 11 is 1.31. The molecule has 1 aromatic carbocycles. The van der Waals surface area contributed by atoms with E-state index in [4.69, 9.17) is 4.74 Å². The van der Waals surface area contributed by atoms with E-state index in [0.29, 0.717) is 17.2 Å². The van der Waals surface area contributed by atoms with Crippen molar-refractivity contribution in [3.05, 3.63) is 46.5 Å². The van der Waals surface area contributed by atoms with Gasteiger partial charge < -0.3 is 10.1 Å². The lowest BCUT2D eigenvalue weighted by Crippen LogP contribution is -2.44. The molecule has 1 saturated heterocycles. The lowest BCUT2D eigenvalue weighted by atomic mass is 10.1. The van der Waals surface area contributed by atoms with E-state index < -0.39 is 17.6 Å². The molecule has 0 bridgehead atoms. The van der Waals surface area contributed by atoms with E-state index in [1.54, 1.807) is 0 Å². The van der Waals surface area contributed by atoms with Gasteiger partial charge in [0.05, 0.1) is 29.9 Å². The smallest absolute Gasteiger partial charge is 0.373 e. The van der Waals surface area contributed by atoms with Gasteiger partial charge in [-0.05, 0) is 25.5 Å². The number of nitrogens with one attached hydrogen (secondary N) is 1. The second kappa shape index (κ2) is 8.59. The molecule has 1 fully saturated rings. The molecule has 0 saturated carbocycles. The molecule has 2 heterocycles. The monoisotopic (exact) mass is 413 g/mol. The van der Waals surface area contributed by atoms with E-state index in [9.17, 15) is 18.0 Å². The highest BCUT2D eigenvalue weighted by atomic mass is 32.1. The van der Waals surface area contributed by atoms with E-state index in [-0.39, 0.29) is 18.6 Å². The standard InChI is InChI=1S/C19H22F3N3O2S/c1-12-8-25(9-13(2)27-12)10-16-11-28-18(23-16)24-17(26)7-14-4-3-5-15(6-14)19(20,21)22/h3-6,11-13H,7-10H2,1-2H3,(H,23,24,26)/t12-,13-/m1/s1. The zero-order valence-electron chi connectivity index (χ0n) is 15.6. The number of morpholine rings is 1. The molecule has 28 heavy (non-hydrogen) atoms. The van der Waals surface area contributed by atoms with Gasteiger partial charge in [0.1, 0.15) is 0 Å². The molecule has 1 N–H and O–H groups in total. The number of hydrogen-bond acceptors (Lipinski definition) is 5. The van der Waals surface area contributed by atoms with Crippen molar-refractivity contribution in [1.82, 2.24) is 9.88 Å². The molecule has 0 unspecified atom stereocenters. The van der Waals surface area contributed by atoms with E-state index >= 15 is 0 Å². The number of anilines is 1. The number of ether oxygens (including phenoxy) is 1. The molecule has 152 valence electrons. The van der Waals surface area contributed by atoms with Crippen LogP contribution >= 0.6 is 11.3 Å². The Hall–Kier alpha value is -1.97. The number of nitrogens with zero attached hydrogens (tertiary/aromatic N) is 2. The second-order valence-electron chi connectivity index (χ2n) is 7.02. The Bertz CT molecular complexity index is 815. The molecule has 2 atom stereocenters. The third kappa shape index (κ3) is 5.76. The number of rotatable bonds is 5. The van der Waals surface area contributed by atoms with Crippen LogP contribution in [0.5, 0.6) is 0 Å². The summed E-state index contributed by atoms with van der Waals surface area (Å²) in [5, 5.41) is 4.99. The lowest BCUT2D eigenvalue weighted by molar-refractivity contribution is -0.137. The van der Waals surface area contributed by atoms with Gasteiger partial charge >= 0.3 is 6.18 Å². The fourth-order valence-corrected chi connectivity index (χ4v) is 4.00. The quantitative estimate of drug-likeness (QED) is 0.807. The first kappa shape index (κ1) is 20.8. The van der Waals surface area contributed by atoms with Crippen LogP contribution in [0.25, 0.3) is 0 Å². The first-order valence-corrected chi connectivity index (χ1v) is 9.85. The average molecular weight is 413 g/mol. The van der Waals surface area contributed by atoms with Crippen molar-refractivity contribution in [3.63, 3.8) is 0 Å². The Kier molecular flexibility index (Phi) is 6.36. The van der Waals surface area contributed by atoms with Crippen molar-refractivity contribution in [2.75, 3.05) is 18.4 Å². The van der Waals surface area contributed by atoms with Gasteiger partial charge in [-0.3, -0.25) is 9.69 Å². The minimum Gasteiger partial charge on any atom is -0.373 e. The SMILES string of the molecule is C[C@@H]1CN(Cc2csc(NC(=O)Cc3cccc(C(F)(F)F)c3)n2)C[C@@H](C)O1. The van der Waals surface area contributed by atoms with Crippen molar-refractivity contribution in [2.24, 2.45) is 0 Å². The van der Waals surface area contributed by atoms with Crippen LogP contribution in [0.1, 0.15) is 30.7 Å². The average Bonchev–Trinajstić information content (AvgIpc) is 3.00. The number of halogens is 3. The molecule has 0 radical (unpaired) electrons. The minimum atomic E-state index is -4.43. The van der Waals surface area contributed by atoms with Crippen molar-refractivity contribution >= 4 is 22.4 Å². The number of alkyl halides is 3. The van der Waals surface area contributed by atoms with Crippen molar-refractivity contribution in [3.8, 4) is 0 Å². The molecular weight excluding hydrogens is 391 g/mol. The van der Waals surface area contributed by atoms with Crippen molar-refractivity contribution in [1.29, 1.82) is 0 Å². The van der Waals surface area contributed by atoms with Crippen LogP contribution in [-0.2, 0) is 28.7 Å². The molecular formula is C19H22F3N3O2S. The molecule has 9 heteroatoms. The van der Waals surface area contributed by atoms with Gasteiger partial charge in [0.25, 0.3) is 0 Å². The first-order valence-electron chi connectivity index (χ1n) is 8.97. The fraction of sp³-hybridized carbons (Fsp3) is 0.474. The first-order chi connectivity index (χ1) is 13.2. The van der Waals surface area contributed by atoms with Gasteiger partial charge in [0.15, 0.2) is 5.13 Å². The van der Waals surface area contributed by atoms with Crippen molar-refractivity contribution in [2.45, 2.75) is 45.2 Å². The number of carbonyl (C=O) groups excluding carboxylic acids is 1. The number of carbonyl (C=O) groups is 1. The van der Waals surface area contributed by atoms with Crippen LogP contribution in [0.2, 0.25) is 0 Å². The molecule has 5 nitrogen and oxygen atoms in total. The highest BCUT2D eigenvalue weighted by Gasteiger charge is 2.30. The Morgan fingerprint density at radius 3 is 2.71 bits per heavy atom. The zero-order chi connectivity index (χ0) is 20.3. The van der Waals surface area contributed by atoms with Crippen LogP contribution in [0.4, 0.5) is 18.3 Å². The minimum absolute atomic E-state index is 0.142. The zero-order valence-corrected chi connectivity index (χ0v) is 16.4. The summed E-state index contributed by atoms with van der Waals surface area (Å²) in [7, 11) is 0. The van der Waals surface area contributed by atoms with Crippen LogP contribution in [0, 0.1) is 0 Å². The maximum Gasteiger partial charge on any atom is 0.416 e. The Balaban J connectivity index is 1.55. The number of aromatic nitrogens is 1. The molecule has 1 aromatic heterocycles. The highest BCUT2D eigenvalue weighted by molar-refractivity contribution is 7.13. The summed E-state index contributed by atoms with van der Waals surface area (Å²) < 4.78 is 44.0. The predicted molar refractivity (Wildman–Crippen MR) is 101 cm³/mol. The maximum atomic E-state index is 12.8. The topological polar surface area (TPSA) is 54.5 Å². The maximum absolute atomic E-state index is 12.8. The third-order valence-electron chi connectivity index (χ3n) is 4.30. The van der Waals surface area contributed by atoms with E-state index in [2.05, 4.69) is 15.2 Å². The summed E-state index contributed by atoms with van der Waals surface area (Å²) in [5.41, 5.74) is 0.393. The second-order valence-corrected chi connectivity index (χ2v) is 7.88. The van der Waals surface area contributed by atoms with Gasteiger partial charge in [-0.25, -0.2) is 4.98 Å². The Morgan fingerprint density at radius 1 is 1.32 bits per heavy atom. The van der Waals surface area contributed by atoms with E-state index in [1.807, 2.05) is 19.2 Å². The number of hydrogen-bond donors (Lipinski definition) is 1. The van der Waals surface area contributed by atoms with Gasteiger partial charge in [-0.1, -0.05) is 18.2 Å².